The second-order valence-corrected chi connectivity index (χ2v) is 11.5. The van der Waals surface area contributed by atoms with Gasteiger partial charge < -0.3 is 47.0 Å². The number of ether oxygens (including phenoxy) is 9. The average molecular weight is 743 g/mol. The summed E-state index contributed by atoms with van der Waals surface area (Å²) in [7, 11) is 0. The number of hydrogen-bond acceptors (Lipinski definition) is 18. The van der Waals surface area contributed by atoms with Gasteiger partial charge in [-0.25, -0.2) is 0 Å². The molecule has 0 radical (unpaired) electrons. The van der Waals surface area contributed by atoms with E-state index in [-0.39, 0.29) is 39.5 Å². The third-order valence-corrected chi connectivity index (χ3v) is 6.99. The lowest BCUT2D eigenvalue weighted by Crippen LogP contribution is -2.62. The fraction of sp³-hybridized carbons (Fsp3) is 0.371. The highest BCUT2D eigenvalue weighted by Gasteiger charge is 2.51. The molecule has 1 aliphatic heterocycles. The molecule has 1 aliphatic rings. The van der Waals surface area contributed by atoms with Gasteiger partial charge in [-0.1, -0.05) is 0 Å². The van der Waals surface area contributed by atoms with Crippen LogP contribution in [-0.4, -0.2) is 72.5 Å². The molecule has 1 saturated heterocycles. The molecule has 3 aromatic rings. The lowest BCUT2D eigenvalue weighted by atomic mass is 9.99. The molecule has 282 valence electrons. The molecule has 18 heteroatoms. The Balaban J connectivity index is 1.94. The van der Waals surface area contributed by atoms with Crippen molar-refractivity contribution in [3.63, 3.8) is 0 Å². The SMILES string of the molecule is CC(=O)Oc1ccc(-c2oc3cc(O[C@@H]4O[C@@H](C)[C@H](OC(C)=O)[C@@H](OC(C)=O)[C@H]4OC(C)=O)cc(OC(C)=O)c3c(=O)c2OC(C)=O)cc1OC(C)=O. The molecule has 0 saturated carbocycles. The van der Waals surface area contributed by atoms with Crippen molar-refractivity contribution in [1.82, 2.24) is 0 Å². The van der Waals surface area contributed by atoms with Gasteiger partial charge in [-0.05, 0) is 25.1 Å². The van der Waals surface area contributed by atoms with Crippen molar-refractivity contribution >= 4 is 52.8 Å². The summed E-state index contributed by atoms with van der Waals surface area (Å²) in [5.41, 5.74) is -1.31. The molecule has 0 unspecified atom stereocenters. The van der Waals surface area contributed by atoms with Gasteiger partial charge in [0.05, 0.1) is 6.10 Å². The molecule has 2 aromatic carbocycles. The second-order valence-electron chi connectivity index (χ2n) is 11.5. The Morgan fingerprint density at radius 3 is 1.68 bits per heavy atom. The van der Waals surface area contributed by atoms with Gasteiger partial charge in [-0.3, -0.25) is 38.4 Å². The molecular formula is C35H34O18. The Kier molecular flexibility index (Phi) is 12.2. The van der Waals surface area contributed by atoms with E-state index in [4.69, 9.17) is 47.0 Å². The minimum atomic E-state index is -1.57. The molecule has 1 aromatic heterocycles. The minimum Gasteiger partial charge on any atom is -0.460 e. The highest BCUT2D eigenvalue weighted by molar-refractivity contribution is 5.91. The van der Waals surface area contributed by atoms with Crippen molar-refractivity contribution in [2.75, 3.05) is 0 Å². The lowest BCUT2D eigenvalue weighted by Gasteiger charge is -2.43. The highest BCUT2D eigenvalue weighted by atomic mass is 16.7. The monoisotopic (exact) mass is 742 g/mol. The predicted molar refractivity (Wildman–Crippen MR) is 175 cm³/mol. The number of benzene rings is 2. The van der Waals surface area contributed by atoms with Crippen LogP contribution >= 0.6 is 0 Å². The smallest absolute Gasteiger partial charge is 0.308 e. The summed E-state index contributed by atoms with van der Waals surface area (Å²) in [6, 6.07) is 6.00. The van der Waals surface area contributed by atoms with Gasteiger partial charge in [0.2, 0.25) is 23.6 Å². The molecule has 4 rings (SSSR count). The van der Waals surface area contributed by atoms with E-state index >= 15 is 0 Å². The average Bonchev–Trinajstić information content (AvgIpc) is 3.01. The molecule has 53 heavy (non-hydrogen) atoms. The van der Waals surface area contributed by atoms with Crippen LogP contribution < -0.4 is 29.1 Å². The van der Waals surface area contributed by atoms with E-state index in [1.807, 2.05) is 0 Å². The largest absolute Gasteiger partial charge is 0.460 e. The number of carbonyl (C=O) groups excluding carboxylic acids is 7. The zero-order chi connectivity index (χ0) is 39.3. The van der Waals surface area contributed by atoms with E-state index in [1.165, 1.54) is 31.2 Å². The van der Waals surface area contributed by atoms with Crippen LogP contribution in [0.2, 0.25) is 0 Å². The van der Waals surface area contributed by atoms with Crippen LogP contribution in [0.3, 0.4) is 0 Å². The number of rotatable bonds is 10. The van der Waals surface area contributed by atoms with Gasteiger partial charge >= 0.3 is 41.8 Å². The van der Waals surface area contributed by atoms with Crippen molar-refractivity contribution in [2.24, 2.45) is 0 Å². The van der Waals surface area contributed by atoms with Crippen molar-refractivity contribution in [3.8, 4) is 40.1 Å². The van der Waals surface area contributed by atoms with Crippen LogP contribution in [0.1, 0.15) is 55.4 Å². The number of esters is 7. The van der Waals surface area contributed by atoms with Gasteiger partial charge in [0.15, 0.2) is 29.5 Å². The Morgan fingerprint density at radius 2 is 1.11 bits per heavy atom. The topological polar surface area (TPSA) is 233 Å². The summed E-state index contributed by atoms with van der Waals surface area (Å²) >= 11 is 0. The third kappa shape index (κ3) is 9.73. The van der Waals surface area contributed by atoms with Crippen LogP contribution in [0.5, 0.6) is 28.7 Å². The Hall–Kier alpha value is -6.30. The second kappa shape index (κ2) is 16.4. The summed E-state index contributed by atoms with van der Waals surface area (Å²) in [5, 5.41) is -0.383. The number of carbonyl (C=O) groups is 7. The summed E-state index contributed by atoms with van der Waals surface area (Å²) in [6.07, 6.45) is -6.77. The fourth-order valence-electron chi connectivity index (χ4n) is 5.29. The molecule has 0 N–H and O–H groups in total. The molecule has 0 bridgehead atoms. The van der Waals surface area contributed by atoms with Gasteiger partial charge in [-0.2, -0.15) is 0 Å². The molecule has 18 nitrogen and oxygen atoms in total. The van der Waals surface area contributed by atoms with Crippen molar-refractivity contribution in [1.29, 1.82) is 0 Å². The first-order valence-corrected chi connectivity index (χ1v) is 15.7. The first-order valence-electron chi connectivity index (χ1n) is 15.7. The molecule has 0 aliphatic carbocycles. The van der Waals surface area contributed by atoms with Gasteiger partial charge in [0.1, 0.15) is 22.5 Å². The summed E-state index contributed by atoms with van der Waals surface area (Å²) in [6.45, 7) is 9.03. The third-order valence-electron chi connectivity index (χ3n) is 6.99. The Labute approximate surface area is 300 Å². The van der Waals surface area contributed by atoms with Crippen LogP contribution in [0.15, 0.2) is 39.5 Å². The fourth-order valence-corrected chi connectivity index (χ4v) is 5.29. The van der Waals surface area contributed by atoms with E-state index in [0.717, 1.165) is 54.5 Å². The quantitative estimate of drug-likeness (QED) is 0.165. The zero-order valence-corrected chi connectivity index (χ0v) is 29.6. The van der Waals surface area contributed by atoms with Crippen LogP contribution in [0, 0.1) is 0 Å². The summed E-state index contributed by atoms with van der Waals surface area (Å²) in [4.78, 5) is 98.1. The van der Waals surface area contributed by atoms with E-state index < -0.39 is 89.4 Å². The van der Waals surface area contributed by atoms with Gasteiger partial charge in [-0.15, -0.1) is 0 Å². The molecule has 5 atom stereocenters. The van der Waals surface area contributed by atoms with Gasteiger partial charge in [0.25, 0.3) is 0 Å². The minimum absolute atomic E-state index is 0.00661. The first kappa shape index (κ1) is 39.5. The maximum Gasteiger partial charge on any atom is 0.308 e. The molecule has 1 fully saturated rings. The molecule has 0 amide bonds. The van der Waals surface area contributed by atoms with Crippen molar-refractivity contribution < 1.29 is 80.6 Å². The Bertz CT molecular complexity index is 2040. The number of fused-ring (bicyclic) bond motifs is 1. The van der Waals surface area contributed by atoms with Crippen LogP contribution in [-0.2, 0) is 52.5 Å². The molecule has 2 heterocycles. The van der Waals surface area contributed by atoms with Crippen LogP contribution in [0.4, 0.5) is 0 Å². The van der Waals surface area contributed by atoms with E-state index in [0.29, 0.717) is 0 Å². The summed E-state index contributed by atoms with van der Waals surface area (Å²) < 4.78 is 55.1. The maximum absolute atomic E-state index is 14.0. The zero-order valence-electron chi connectivity index (χ0n) is 29.6. The molecule has 0 spiro atoms. The van der Waals surface area contributed by atoms with Crippen LogP contribution in [0.25, 0.3) is 22.3 Å². The first-order chi connectivity index (χ1) is 24.8. The lowest BCUT2D eigenvalue weighted by molar-refractivity contribution is -0.280. The number of hydrogen-bond donors (Lipinski definition) is 0. The predicted octanol–water partition coefficient (Wildman–Crippen LogP) is 3.08. The van der Waals surface area contributed by atoms with E-state index in [9.17, 15) is 38.4 Å². The van der Waals surface area contributed by atoms with Crippen molar-refractivity contribution in [2.45, 2.75) is 86.1 Å². The van der Waals surface area contributed by atoms with Gasteiger partial charge in [0, 0.05) is 66.2 Å². The van der Waals surface area contributed by atoms with E-state index in [2.05, 4.69) is 0 Å². The Morgan fingerprint density at radius 1 is 0.585 bits per heavy atom. The summed E-state index contributed by atoms with van der Waals surface area (Å²) in [5.74, 6) is -7.82. The molecular weight excluding hydrogens is 708 g/mol. The highest BCUT2D eigenvalue weighted by Crippen LogP contribution is 2.41. The van der Waals surface area contributed by atoms with E-state index in [1.54, 1.807) is 0 Å². The standard InChI is InChI=1S/C35H34O18/c1-14-30(48-18(5)39)33(50-20(7)41)34(51-21(8)42)35(44-14)52-23-12-26(47-17(4)38)28-27(13-23)53-31(32(29(28)43)49-19(6)40)22-9-10-24(45-15(2)36)25(11-22)46-16(3)37/h9-14,30,33-35H,1-8H3/t14-,30-,33+,34+,35-/m0/s1. The maximum atomic E-state index is 14.0. The normalized spacial score (nSPS) is 19.3. The van der Waals surface area contributed by atoms with Crippen molar-refractivity contribution in [3.05, 3.63) is 40.6 Å².